The number of hydrogen-bond donors (Lipinski definition) is 2. The maximum absolute atomic E-state index is 13.4. The van der Waals surface area contributed by atoms with Gasteiger partial charge < -0.3 is 25.0 Å². The largest absolute Gasteiger partial charge is 0.497 e. The molecule has 3 aromatic rings. The summed E-state index contributed by atoms with van der Waals surface area (Å²) in [6.07, 6.45) is 0.825. The molecule has 2 amide bonds. The van der Waals surface area contributed by atoms with Gasteiger partial charge in [-0.15, -0.1) is 0 Å². The number of rotatable bonds is 3. The Labute approximate surface area is 206 Å². The van der Waals surface area contributed by atoms with Crippen molar-refractivity contribution >= 4 is 17.4 Å². The fourth-order valence-electron chi connectivity index (χ4n) is 5.32. The summed E-state index contributed by atoms with van der Waals surface area (Å²) in [7, 11) is 3.62. The lowest BCUT2D eigenvalue weighted by atomic mass is 9.81. The number of nitrogens with zero attached hydrogens (tertiary/aromatic N) is 2. The SMILES string of the molecule is COc1cccc(NC(=O)N2CC[C@H]3[C@@H]2c2cc(C#Cc4ccccc4)ccc2N(C)[C@H]3CO)c1. The second-order valence-electron chi connectivity index (χ2n) is 9.00. The molecule has 0 unspecified atom stereocenters. The predicted molar refractivity (Wildman–Crippen MR) is 138 cm³/mol. The Kier molecular flexibility index (Phi) is 6.35. The summed E-state index contributed by atoms with van der Waals surface area (Å²) in [4.78, 5) is 17.5. The first-order chi connectivity index (χ1) is 17.1. The first-order valence-electron chi connectivity index (χ1n) is 11.9. The maximum Gasteiger partial charge on any atom is 0.322 e. The number of ether oxygens (including phenoxy) is 1. The van der Waals surface area contributed by atoms with Gasteiger partial charge in [-0.2, -0.15) is 0 Å². The van der Waals surface area contributed by atoms with Crippen molar-refractivity contribution in [3.05, 3.63) is 89.5 Å². The van der Waals surface area contributed by atoms with Crippen molar-refractivity contribution in [1.29, 1.82) is 0 Å². The second kappa shape index (κ2) is 9.73. The summed E-state index contributed by atoms with van der Waals surface area (Å²) in [5.74, 6) is 7.32. The Morgan fingerprint density at radius 3 is 2.63 bits per heavy atom. The highest BCUT2D eigenvalue weighted by Gasteiger charge is 2.47. The Morgan fingerprint density at radius 2 is 1.86 bits per heavy atom. The third-order valence-electron chi connectivity index (χ3n) is 7.06. The van der Waals surface area contributed by atoms with Crippen LogP contribution in [0.25, 0.3) is 0 Å². The highest BCUT2D eigenvalue weighted by atomic mass is 16.5. The van der Waals surface area contributed by atoms with E-state index in [-0.39, 0.29) is 30.6 Å². The van der Waals surface area contributed by atoms with E-state index in [4.69, 9.17) is 4.74 Å². The number of carbonyl (C=O) groups excluding carboxylic acids is 1. The van der Waals surface area contributed by atoms with Crippen LogP contribution in [0.15, 0.2) is 72.8 Å². The molecule has 3 atom stereocenters. The first-order valence-corrected chi connectivity index (χ1v) is 11.9. The molecular weight excluding hydrogens is 438 g/mol. The van der Waals surface area contributed by atoms with Gasteiger partial charge in [-0.3, -0.25) is 0 Å². The van der Waals surface area contributed by atoms with E-state index in [0.29, 0.717) is 18.0 Å². The van der Waals surface area contributed by atoms with Gasteiger partial charge in [0.15, 0.2) is 0 Å². The average molecular weight is 468 g/mol. The molecule has 6 nitrogen and oxygen atoms in total. The molecule has 0 spiro atoms. The molecule has 0 aliphatic carbocycles. The Morgan fingerprint density at radius 1 is 1.06 bits per heavy atom. The van der Waals surface area contributed by atoms with Crippen molar-refractivity contribution in [3.63, 3.8) is 0 Å². The summed E-state index contributed by atoms with van der Waals surface area (Å²) in [6.45, 7) is 0.660. The van der Waals surface area contributed by atoms with Gasteiger partial charge in [0.05, 0.1) is 25.8 Å². The Balaban J connectivity index is 1.48. The molecular formula is C29H29N3O3. The van der Waals surface area contributed by atoms with Gasteiger partial charge in [0.2, 0.25) is 0 Å². The van der Waals surface area contributed by atoms with Crippen molar-refractivity contribution in [2.24, 2.45) is 5.92 Å². The molecule has 1 fully saturated rings. The van der Waals surface area contributed by atoms with Gasteiger partial charge in [-0.1, -0.05) is 36.1 Å². The smallest absolute Gasteiger partial charge is 0.322 e. The van der Waals surface area contributed by atoms with Crippen LogP contribution < -0.4 is 15.0 Å². The van der Waals surface area contributed by atoms with Crippen LogP contribution in [0, 0.1) is 17.8 Å². The van der Waals surface area contributed by atoms with Gasteiger partial charge in [0, 0.05) is 48.1 Å². The molecule has 0 saturated carbocycles. The van der Waals surface area contributed by atoms with Gasteiger partial charge in [-0.05, 0) is 54.4 Å². The number of anilines is 2. The van der Waals surface area contributed by atoms with Crippen molar-refractivity contribution in [3.8, 4) is 17.6 Å². The van der Waals surface area contributed by atoms with Crippen molar-refractivity contribution in [2.75, 3.05) is 37.5 Å². The van der Waals surface area contributed by atoms with Crippen LogP contribution >= 0.6 is 0 Å². The summed E-state index contributed by atoms with van der Waals surface area (Å²) in [5, 5.41) is 13.3. The zero-order chi connectivity index (χ0) is 24.4. The van der Waals surface area contributed by atoms with Gasteiger partial charge in [0.25, 0.3) is 0 Å². The number of hydrogen-bond acceptors (Lipinski definition) is 4. The fraction of sp³-hybridized carbons (Fsp3) is 0.276. The highest BCUT2D eigenvalue weighted by molar-refractivity contribution is 5.90. The topological polar surface area (TPSA) is 65.0 Å². The Hall–Kier alpha value is -3.95. The molecule has 2 heterocycles. The predicted octanol–water partition coefficient (Wildman–Crippen LogP) is 4.50. The van der Waals surface area contributed by atoms with Gasteiger partial charge >= 0.3 is 6.03 Å². The number of amides is 2. The maximum atomic E-state index is 13.4. The molecule has 0 bridgehead atoms. The van der Waals surface area contributed by atoms with E-state index < -0.39 is 0 Å². The lowest BCUT2D eigenvalue weighted by molar-refractivity contribution is 0.168. The number of likely N-dealkylation sites (tertiary alicyclic amines) is 1. The minimum Gasteiger partial charge on any atom is -0.497 e. The van der Waals surface area contributed by atoms with E-state index in [9.17, 15) is 9.90 Å². The molecule has 2 aliphatic heterocycles. The van der Waals surface area contributed by atoms with Crippen LogP contribution in [0.3, 0.4) is 0 Å². The summed E-state index contributed by atoms with van der Waals surface area (Å²) >= 11 is 0. The van der Waals surface area contributed by atoms with Crippen molar-refractivity contribution in [2.45, 2.75) is 18.5 Å². The quantitative estimate of drug-likeness (QED) is 0.557. The lowest BCUT2D eigenvalue weighted by Gasteiger charge is -2.44. The number of urea groups is 1. The molecule has 2 N–H and O–H groups in total. The summed E-state index contributed by atoms with van der Waals surface area (Å²) < 4.78 is 5.29. The molecule has 178 valence electrons. The van der Waals surface area contributed by atoms with E-state index in [1.807, 2.05) is 72.6 Å². The molecule has 2 aliphatic rings. The van der Waals surface area contributed by atoms with Crippen LogP contribution in [0.4, 0.5) is 16.2 Å². The summed E-state index contributed by atoms with van der Waals surface area (Å²) in [6, 6.07) is 23.1. The van der Waals surface area contributed by atoms with Crippen molar-refractivity contribution in [1.82, 2.24) is 4.90 Å². The van der Waals surface area contributed by atoms with Crippen LogP contribution in [0.5, 0.6) is 5.75 Å². The molecule has 6 heteroatoms. The minimum atomic E-state index is -0.154. The number of fused-ring (bicyclic) bond motifs is 3. The molecule has 5 rings (SSSR count). The number of aliphatic hydroxyl groups excluding tert-OH is 1. The second-order valence-corrected chi connectivity index (χ2v) is 9.00. The van der Waals surface area contributed by atoms with Crippen LogP contribution in [-0.2, 0) is 0 Å². The standard InChI is InChI=1S/C29H29N3O3/c1-31-26-14-13-21(12-11-20-7-4-3-5-8-20)17-25(26)28-24(27(31)19-33)15-16-32(28)29(34)30-22-9-6-10-23(18-22)35-2/h3-10,13-14,17-18,24,27-28,33H,15-16,19H2,1-2H3,(H,30,34)/t24-,27+,28-/m1/s1. The number of likely N-dealkylation sites (N-methyl/N-ethyl adjacent to an activating group) is 1. The third kappa shape index (κ3) is 4.43. The normalized spacial score (nSPS) is 20.4. The average Bonchev–Trinajstić information content (AvgIpc) is 3.34. The monoisotopic (exact) mass is 467 g/mol. The molecule has 1 saturated heterocycles. The van der Waals surface area contributed by atoms with Gasteiger partial charge in [-0.25, -0.2) is 4.79 Å². The van der Waals surface area contributed by atoms with E-state index in [0.717, 1.165) is 28.8 Å². The molecule has 0 radical (unpaired) electrons. The van der Waals surface area contributed by atoms with Crippen LogP contribution in [0.2, 0.25) is 0 Å². The van der Waals surface area contributed by atoms with Crippen molar-refractivity contribution < 1.29 is 14.6 Å². The first kappa shape index (κ1) is 22.8. The van der Waals surface area contributed by atoms with E-state index in [2.05, 4.69) is 34.2 Å². The Bertz CT molecular complexity index is 1280. The van der Waals surface area contributed by atoms with Gasteiger partial charge in [0.1, 0.15) is 5.75 Å². The highest BCUT2D eigenvalue weighted by Crippen LogP contribution is 2.48. The number of methoxy groups -OCH3 is 1. The zero-order valence-electron chi connectivity index (χ0n) is 19.9. The molecule has 35 heavy (non-hydrogen) atoms. The minimum absolute atomic E-state index is 0.0397. The number of nitrogens with one attached hydrogen (secondary N) is 1. The fourth-order valence-corrected chi connectivity index (χ4v) is 5.32. The van der Waals surface area contributed by atoms with Crippen LogP contribution in [-0.4, -0.2) is 49.4 Å². The third-order valence-corrected chi connectivity index (χ3v) is 7.06. The number of carbonyl (C=O) groups is 1. The number of aliphatic hydroxyl groups is 1. The molecule has 0 aromatic heterocycles. The van der Waals surface area contributed by atoms with E-state index in [1.165, 1.54) is 0 Å². The zero-order valence-corrected chi connectivity index (χ0v) is 19.9. The van der Waals surface area contributed by atoms with E-state index in [1.54, 1.807) is 7.11 Å². The van der Waals surface area contributed by atoms with Crippen LogP contribution in [0.1, 0.15) is 29.2 Å². The number of benzene rings is 3. The van der Waals surface area contributed by atoms with E-state index >= 15 is 0 Å². The summed E-state index contributed by atoms with van der Waals surface area (Å²) in [5.41, 5.74) is 4.65. The molecule has 3 aromatic carbocycles. The lowest BCUT2D eigenvalue weighted by Crippen LogP contribution is -2.48.